The molecule has 2 N–H and O–H groups in total. The van der Waals surface area contributed by atoms with Gasteiger partial charge in [0.15, 0.2) is 0 Å². The molecule has 1 atom stereocenters. The number of nitrogens with zero attached hydrogens (tertiary/aromatic N) is 2. The largest absolute Gasteiger partial charge is 0.353 e. The summed E-state index contributed by atoms with van der Waals surface area (Å²) in [5, 5.41) is 10.2. The van der Waals surface area contributed by atoms with Gasteiger partial charge in [-0.1, -0.05) is 13.8 Å². The van der Waals surface area contributed by atoms with Gasteiger partial charge in [-0.3, -0.25) is 9.48 Å². The first-order valence-electron chi connectivity index (χ1n) is 7.00. The lowest BCUT2D eigenvalue weighted by atomic mass is 10.0. The number of halogens is 1. The minimum atomic E-state index is -0.350. The Labute approximate surface area is 138 Å². The number of nitrogens with one attached hydrogen (secondary N) is 2. The third kappa shape index (κ3) is 5.20. The topological polar surface area (TPSA) is 59.0 Å². The number of likely N-dealkylation sites (N-methyl/N-ethyl adjacent to an activating group) is 1. The monoisotopic (exact) mass is 334 g/mol. The van der Waals surface area contributed by atoms with Crippen LogP contribution in [0, 0.1) is 0 Å². The van der Waals surface area contributed by atoms with E-state index in [1.165, 1.54) is 0 Å². The zero-order valence-electron chi connectivity index (χ0n) is 13.5. The van der Waals surface area contributed by atoms with Crippen LogP contribution < -0.4 is 10.6 Å². The Hall–Kier alpha value is -0.720. The Bertz CT molecular complexity index is 426. The van der Waals surface area contributed by atoms with Crippen molar-refractivity contribution in [3.63, 3.8) is 0 Å². The molecule has 5 nitrogen and oxygen atoms in total. The van der Waals surface area contributed by atoms with Crippen molar-refractivity contribution in [2.75, 3.05) is 19.8 Å². The number of aryl methyl sites for hydroxylation is 1. The summed E-state index contributed by atoms with van der Waals surface area (Å²) in [4.78, 5) is 12.4. The lowest BCUT2D eigenvalue weighted by molar-refractivity contribution is -0.123. The molecule has 7 heteroatoms. The van der Waals surface area contributed by atoms with E-state index in [4.69, 9.17) is 0 Å². The van der Waals surface area contributed by atoms with E-state index in [0.717, 1.165) is 18.4 Å². The zero-order valence-corrected chi connectivity index (χ0v) is 15.1. The van der Waals surface area contributed by atoms with E-state index in [1.807, 2.05) is 25.0 Å². The molecule has 0 fully saturated rings. The van der Waals surface area contributed by atoms with Gasteiger partial charge in [0, 0.05) is 30.1 Å². The fourth-order valence-corrected chi connectivity index (χ4v) is 3.04. The van der Waals surface area contributed by atoms with E-state index < -0.39 is 0 Å². The van der Waals surface area contributed by atoms with Crippen LogP contribution in [0.3, 0.4) is 0 Å². The number of carbonyl (C=O) groups is 1. The number of rotatable bonds is 8. The molecule has 0 aliphatic rings. The highest BCUT2D eigenvalue weighted by molar-refractivity contribution is 8.00. The highest BCUT2D eigenvalue weighted by Crippen LogP contribution is 2.29. The number of hydrogen-bond acceptors (Lipinski definition) is 4. The molecule has 1 aromatic rings. The number of hydrogen-bond donors (Lipinski definition) is 2. The molecule has 0 radical (unpaired) electrons. The van der Waals surface area contributed by atoms with E-state index in [2.05, 4.69) is 35.8 Å². The van der Waals surface area contributed by atoms with Crippen molar-refractivity contribution in [2.24, 2.45) is 7.05 Å². The van der Waals surface area contributed by atoms with Crippen molar-refractivity contribution in [1.82, 2.24) is 20.4 Å². The van der Waals surface area contributed by atoms with Crippen LogP contribution >= 0.6 is 24.2 Å². The molecule has 0 bridgehead atoms. The van der Waals surface area contributed by atoms with Gasteiger partial charge in [-0.25, -0.2) is 0 Å². The average Bonchev–Trinajstić information content (AvgIpc) is 2.88. The van der Waals surface area contributed by atoms with E-state index in [9.17, 15) is 4.79 Å². The van der Waals surface area contributed by atoms with Crippen LogP contribution in [0.15, 0.2) is 12.4 Å². The average molecular weight is 335 g/mol. The van der Waals surface area contributed by atoms with Crippen molar-refractivity contribution in [1.29, 1.82) is 0 Å². The molecule has 122 valence electrons. The highest BCUT2D eigenvalue weighted by Gasteiger charge is 2.27. The van der Waals surface area contributed by atoms with Crippen molar-refractivity contribution in [3.05, 3.63) is 18.0 Å². The Balaban J connectivity index is 0.00000400. The Morgan fingerprint density at radius 3 is 2.48 bits per heavy atom. The van der Waals surface area contributed by atoms with Crippen LogP contribution in [0.25, 0.3) is 0 Å². The molecule has 0 aliphatic carbocycles. The van der Waals surface area contributed by atoms with E-state index in [1.54, 1.807) is 17.9 Å². The lowest BCUT2D eigenvalue weighted by Crippen LogP contribution is -2.43. The number of thioether (sulfide) groups is 1. The summed E-state index contributed by atoms with van der Waals surface area (Å²) in [6.07, 6.45) is 7.78. The third-order valence-electron chi connectivity index (χ3n) is 3.92. The molecule has 0 spiro atoms. The molecule has 0 aliphatic heterocycles. The van der Waals surface area contributed by atoms with Gasteiger partial charge >= 0.3 is 0 Å². The van der Waals surface area contributed by atoms with Crippen molar-refractivity contribution in [3.8, 4) is 0 Å². The second kappa shape index (κ2) is 9.33. The van der Waals surface area contributed by atoms with Gasteiger partial charge in [-0.2, -0.15) is 16.9 Å². The molecule has 0 saturated heterocycles. The van der Waals surface area contributed by atoms with Crippen LogP contribution in [-0.4, -0.2) is 40.3 Å². The smallest absolute Gasteiger partial charge is 0.241 e. The number of amides is 1. The maximum absolute atomic E-state index is 12.4. The molecule has 1 aromatic heterocycles. The van der Waals surface area contributed by atoms with Gasteiger partial charge in [-0.15, -0.1) is 12.4 Å². The van der Waals surface area contributed by atoms with Gasteiger partial charge in [0.05, 0.1) is 6.20 Å². The van der Waals surface area contributed by atoms with Crippen LogP contribution in [0.1, 0.15) is 38.3 Å². The number of carbonyl (C=O) groups excluding carboxylic acids is 1. The summed E-state index contributed by atoms with van der Waals surface area (Å²) in [5.74, 6) is 0.000764. The molecular weight excluding hydrogens is 308 g/mol. The second-order valence-electron chi connectivity index (χ2n) is 4.98. The standard InChI is InChI=1S/C14H26N4OS.ClH/c1-6-14(7-2,20-5)10-16-13(19)12(15-3)11-8-17-18(4)9-11;/h8-9,12,15H,6-7,10H2,1-5H3,(H,16,19);1H. The fourth-order valence-electron chi connectivity index (χ4n) is 2.25. The Morgan fingerprint density at radius 2 is 2.10 bits per heavy atom. The molecule has 0 saturated carbocycles. The van der Waals surface area contributed by atoms with Crippen LogP contribution in [0.4, 0.5) is 0 Å². The molecule has 1 amide bonds. The van der Waals surface area contributed by atoms with Crippen molar-refractivity contribution < 1.29 is 4.79 Å². The maximum Gasteiger partial charge on any atom is 0.241 e. The SMILES string of the molecule is CCC(CC)(CNC(=O)C(NC)c1cnn(C)c1)SC.Cl. The van der Waals surface area contributed by atoms with Crippen LogP contribution in [-0.2, 0) is 11.8 Å². The second-order valence-corrected chi connectivity index (χ2v) is 6.26. The molecule has 1 heterocycles. The van der Waals surface area contributed by atoms with Crippen molar-refractivity contribution >= 4 is 30.1 Å². The summed E-state index contributed by atoms with van der Waals surface area (Å²) in [5.41, 5.74) is 0.884. The fraction of sp³-hybridized carbons (Fsp3) is 0.714. The first kappa shape index (κ1) is 20.3. The highest BCUT2D eigenvalue weighted by atomic mass is 35.5. The molecule has 1 unspecified atom stereocenters. The molecule has 1 rings (SSSR count). The normalized spacial score (nSPS) is 12.6. The first-order valence-corrected chi connectivity index (χ1v) is 8.23. The number of aromatic nitrogens is 2. The summed E-state index contributed by atoms with van der Waals surface area (Å²) < 4.78 is 1.83. The van der Waals surface area contributed by atoms with Gasteiger partial charge in [0.25, 0.3) is 0 Å². The molecule has 21 heavy (non-hydrogen) atoms. The van der Waals surface area contributed by atoms with Gasteiger partial charge in [0.1, 0.15) is 6.04 Å². The van der Waals surface area contributed by atoms with E-state index in [0.29, 0.717) is 6.54 Å². The van der Waals surface area contributed by atoms with Gasteiger partial charge in [-0.05, 0) is 26.1 Å². The minimum absolute atomic E-state index is 0. The summed E-state index contributed by atoms with van der Waals surface area (Å²) in [6.45, 7) is 5.03. The predicted molar refractivity (Wildman–Crippen MR) is 92.1 cm³/mol. The minimum Gasteiger partial charge on any atom is -0.353 e. The zero-order chi connectivity index (χ0) is 15.2. The van der Waals surface area contributed by atoms with E-state index in [-0.39, 0.29) is 29.1 Å². The lowest BCUT2D eigenvalue weighted by Gasteiger charge is -2.30. The Morgan fingerprint density at radius 1 is 1.48 bits per heavy atom. The van der Waals surface area contributed by atoms with E-state index >= 15 is 0 Å². The van der Waals surface area contributed by atoms with Crippen molar-refractivity contribution in [2.45, 2.75) is 37.5 Å². The maximum atomic E-state index is 12.4. The quantitative estimate of drug-likeness (QED) is 0.764. The summed E-state index contributed by atoms with van der Waals surface area (Å²) >= 11 is 1.83. The summed E-state index contributed by atoms with van der Waals surface area (Å²) in [7, 11) is 3.64. The first-order chi connectivity index (χ1) is 9.51. The Kier molecular flexibility index (Phi) is 9.01. The molecule has 0 aromatic carbocycles. The third-order valence-corrected chi connectivity index (χ3v) is 5.50. The summed E-state index contributed by atoms with van der Waals surface area (Å²) in [6, 6.07) is -0.350. The van der Waals surface area contributed by atoms with Crippen LogP contribution in [0.5, 0.6) is 0 Å². The van der Waals surface area contributed by atoms with Gasteiger partial charge < -0.3 is 10.6 Å². The van der Waals surface area contributed by atoms with Gasteiger partial charge in [0.2, 0.25) is 5.91 Å². The predicted octanol–water partition coefficient (Wildman–Crippen LogP) is 2.14. The van der Waals surface area contributed by atoms with Crippen LogP contribution in [0.2, 0.25) is 0 Å². The molecular formula is C14H27ClN4OS.